The van der Waals surface area contributed by atoms with Gasteiger partial charge in [0.05, 0.1) is 36.1 Å². The van der Waals surface area contributed by atoms with E-state index in [0.717, 1.165) is 25.7 Å². The Hall–Kier alpha value is -0.670. The van der Waals surface area contributed by atoms with E-state index in [9.17, 15) is 10.2 Å². The van der Waals surface area contributed by atoms with E-state index in [1.54, 1.807) is 0 Å². The van der Waals surface area contributed by atoms with E-state index < -0.39 is 12.2 Å². The van der Waals surface area contributed by atoms with Crippen molar-refractivity contribution < 1.29 is 19.7 Å². The molecule has 2 aliphatic heterocycles. The topological polar surface area (TPSA) is 82.7 Å². The fraction of sp³-hybridized carbons (Fsp3) is 0.933. The van der Waals surface area contributed by atoms with Crippen molar-refractivity contribution in [2.45, 2.75) is 81.6 Å². The van der Waals surface area contributed by atoms with Crippen molar-refractivity contribution >= 4 is 0 Å². The normalized spacial score (nSPS) is 49.0. The molecule has 2 heterocycles. The van der Waals surface area contributed by atoms with Gasteiger partial charge in [-0.25, -0.2) is 0 Å². The van der Waals surface area contributed by atoms with Crippen LogP contribution < -0.4 is 0 Å². The monoisotopic (exact) mass is 281 g/mol. The molecule has 5 nitrogen and oxygen atoms in total. The van der Waals surface area contributed by atoms with Crippen LogP contribution in [0.25, 0.3) is 0 Å². The highest BCUT2D eigenvalue weighted by Gasteiger charge is 2.56. The van der Waals surface area contributed by atoms with Gasteiger partial charge in [0.15, 0.2) is 0 Å². The SMILES string of the molecule is C[C@@H](C#N)CC1CCC2O[C@@H]3CC2(CC[C@@H](O)[C@H]3O)O1. The van der Waals surface area contributed by atoms with Crippen LogP contribution >= 0.6 is 0 Å². The van der Waals surface area contributed by atoms with Gasteiger partial charge in [-0.15, -0.1) is 0 Å². The molecule has 2 saturated heterocycles. The summed E-state index contributed by atoms with van der Waals surface area (Å²) in [6.07, 6.45) is 2.80. The fourth-order valence-corrected chi connectivity index (χ4v) is 3.99. The first-order valence-corrected chi connectivity index (χ1v) is 7.63. The van der Waals surface area contributed by atoms with Gasteiger partial charge >= 0.3 is 0 Å². The fourth-order valence-electron chi connectivity index (χ4n) is 3.99. The molecule has 2 N–H and O–H groups in total. The number of nitrogens with zero attached hydrogens (tertiary/aromatic N) is 1. The summed E-state index contributed by atoms with van der Waals surface area (Å²) in [5.74, 6) is -0.00646. The van der Waals surface area contributed by atoms with Gasteiger partial charge in [-0.05, 0) is 39.0 Å². The maximum absolute atomic E-state index is 10.1. The lowest BCUT2D eigenvalue weighted by Crippen LogP contribution is -2.49. The summed E-state index contributed by atoms with van der Waals surface area (Å²) in [5.41, 5.74) is -0.360. The van der Waals surface area contributed by atoms with E-state index in [-0.39, 0.29) is 29.8 Å². The molecule has 20 heavy (non-hydrogen) atoms. The Balaban J connectivity index is 1.74. The summed E-state index contributed by atoms with van der Waals surface area (Å²) in [6.45, 7) is 1.92. The molecule has 3 fully saturated rings. The molecule has 1 saturated carbocycles. The lowest BCUT2D eigenvalue weighted by molar-refractivity contribution is -0.186. The molecule has 0 radical (unpaired) electrons. The van der Waals surface area contributed by atoms with Crippen molar-refractivity contribution in [3.63, 3.8) is 0 Å². The van der Waals surface area contributed by atoms with Crippen LogP contribution in [-0.2, 0) is 9.47 Å². The molecule has 0 amide bonds. The van der Waals surface area contributed by atoms with Gasteiger partial charge < -0.3 is 19.7 Å². The van der Waals surface area contributed by atoms with Gasteiger partial charge in [-0.2, -0.15) is 5.26 Å². The van der Waals surface area contributed by atoms with Gasteiger partial charge in [-0.3, -0.25) is 0 Å². The number of hydrogen-bond acceptors (Lipinski definition) is 5. The molecule has 1 spiro atoms. The Kier molecular flexibility index (Phi) is 3.76. The molecule has 3 unspecified atom stereocenters. The summed E-state index contributed by atoms with van der Waals surface area (Å²) in [4.78, 5) is 0. The summed E-state index contributed by atoms with van der Waals surface area (Å²) >= 11 is 0. The average Bonchev–Trinajstić information content (AvgIpc) is 2.77. The molecule has 3 aliphatic rings. The van der Waals surface area contributed by atoms with E-state index in [2.05, 4.69) is 6.07 Å². The van der Waals surface area contributed by atoms with Gasteiger partial charge in [0.25, 0.3) is 0 Å². The Bertz CT molecular complexity index is 409. The molecule has 7 atom stereocenters. The van der Waals surface area contributed by atoms with Gasteiger partial charge in [0.1, 0.15) is 6.10 Å². The molecule has 0 aromatic rings. The first-order chi connectivity index (χ1) is 9.54. The van der Waals surface area contributed by atoms with Crippen molar-refractivity contribution in [1.82, 2.24) is 0 Å². The molecule has 2 bridgehead atoms. The van der Waals surface area contributed by atoms with Crippen molar-refractivity contribution in [3.8, 4) is 6.07 Å². The third-order valence-electron chi connectivity index (χ3n) is 5.10. The van der Waals surface area contributed by atoms with Crippen molar-refractivity contribution in [1.29, 1.82) is 5.26 Å². The number of aliphatic hydroxyl groups is 2. The highest BCUT2D eigenvalue weighted by atomic mass is 16.6. The summed E-state index contributed by atoms with van der Waals surface area (Å²) in [6, 6.07) is 2.26. The standard InChI is InChI=1S/C15H23NO4/c1-9(8-16)6-10-2-3-13-15(20-10)5-4-11(17)14(18)12(7-15)19-13/h9-14,17-18H,2-7H2,1H3/t9-,10?,11-,12-,13?,14-,15?/m1/s1. The number of hydrogen-bond donors (Lipinski definition) is 2. The van der Waals surface area contributed by atoms with Crippen LogP contribution in [0.5, 0.6) is 0 Å². The molecule has 112 valence electrons. The van der Waals surface area contributed by atoms with E-state index in [0.29, 0.717) is 12.8 Å². The minimum Gasteiger partial charge on any atom is -0.390 e. The van der Waals surface area contributed by atoms with Crippen LogP contribution in [0.3, 0.4) is 0 Å². The van der Waals surface area contributed by atoms with Crippen LogP contribution in [0.4, 0.5) is 0 Å². The molecule has 0 aromatic carbocycles. The third kappa shape index (κ3) is 2.35. The highest BCUT2D eigenvalue weighted by molar-refractivity contribution is 5.06. The number of rotatable bonds is 2. The highest BCUT2D eigenvalue weighted by Crippen LogP contribution is 2.48. The van der Waals surface area contributed by atoms with Gasteiger partial charge in [0, 0.05) is 12.3 Å². The Morgan fingerprint density at radius 3 is 2.90 bits per heavy atom. The first kappa shape index (κ1) is 14.3. The lowest BCUT2D eigenvalue weighted by Gasteiger charge is -2.43. The van der Waals surface area contributed by atoms with Gasteiger partial charge in [-0.1, -0.05) is 0 Å². The maximum Gasteiger partial charge on any atom is 0.106 e. The minimum absolute atomic E-state index is 0.00646. The molecule has 3 rings (SSSR count). The molecular weight excluding hydrogens is 258 g/mol. The zero-order chi connectivity index (χ0) is 14.3. The number of ether oxygens (including phenoxy) is 2. The van der Waals surface area contributed by atoms with E-state index in [4.69, 9.17) is 14.7 Å². The number of fused-ring (bicyclic) bond motifs is 1. The van der Waals surface area contributed by atoms with E-state index in [1.807, 2.05) is 6.92 Å². The summed E-state index contributed by atoms with van der Waals surface area (Å²) in [7, 11) is 0. The van der Waals surface area contributed by atoms with E-state index in [1.165, 1.54) is 0 Å². The molecule has 1 aliphatic carbocycles. The predicted molar refractivity (Wildman–Crippen MR) is 70.8 cm³/mol. The number of aliphatic hydroxyl groups excluding tert-OH is 2. The first-order valence-electron chi connectivity index (χ1n) is 7.63. The van der Waals surface area contributed by atoms with Gasteiger partial charge in [0.2, 0.25) is 0 Å². The second-order valence-corrected chi connectivity index (χ2v) is 6.61. The predicted octanol–water partition coefficient (Wildman–Crippen LogP) is 1.13. The van der Waals surface area contributed by atoms with Crippen molar-refractivity contribution in [3.05, 3.63) is 0 Å². The largest absolute Gasteiger partial charge is 0.390 e. The second kappa shape index (κ2) is 5.27. The zero-order valence-electron chi connectivity index (χ0n) is 11.9. The second-order valence-electron chi connectivity index (χ2n) is 6.61. The van der Waals surface area contributed by atoms with Crippen LogP contribution in [0.1, 0.15) is 45.4 Å². The average molecular weight is 281 g/mol. The molecule has 5 heteroatoms. The Morgan fingerprint density at radius 1 is 1.35 bits per heavy atom. The summed E-state index contributed by atoms with van der Waals surface area (Å²) in [5, 5.41) is 28.9. The van der Waals surface area contributed by atoms with Crippen molar-refractivity contribution in [2.24, 2.45) is 5.92 Å². The number of nitriles is 1. The Labute approximate surface area is 119 Å². The quantitative estimate of drug-likeness (QED) is 0.792. The van der Waals surface area contributed by atoms with Crippen LogP contribution in [0.2, 0.25) is 0 Å². The van der Waals surface area contributed by atoms with Crippen LogP contribution in [-0.4, -0.2) is 46.3 Å². The zero-order valence-corrected chi connectivity index (χ0v) is 11.9. The van der Waals surface area contributed by atoms with Crippen LogP contribution in [0, 0.1) is 17.2 Å². The third-order valence-corrected chi connectivity index (χ3v) is 5.10. The van der Waals surface area contributed by atoms with Crippen LogP contribution in [0.15, 0.2) is 0 Å². The molecular formula is C15H23NO4. The molecule has 0 aromatic heterocycles. The smallest absolute Gasteiger partial charge is 0.106 e. The minimum atomic E-state index is -0.806. The lowest BCUT2D eigenvalue weighted by atomic mass is 9.83. The van der Waals surface area contributed by atoms with Crippen molar-refractivity contribution in [2.75, 3.05) is 0 Å². The van der Waals surface area contributed by atoms with E-state index >= 15 is 0 Å². The summed E-state index contributed by atoms with van der Waals surface area (Å²) < 4.78 is 12.2. The maximum atomic E-state index is 10.1. The Morgan fingerprint density at radius 2 is 2.15 bits per heavy atom.